The lowest BCUT2D eigenvalue weighted by molar-refractivity contribution is 0.232. The van der Waals surface area contributed by atoms with Crippen molar-refractivity contribution in [2.75, 3.05) is 36.4 Å². The summed E-state index contributed by atoms with van der Waals surface area (Å²) in [5, 5.41) is 16.8. The van der Waals surface area contributed by atoms with E-state index in [4.69, 9.17) is 4.42 Å². The Balaban J connectivity index is 1.11. The van der Waals surface area contributed by atoms with Crippen LogP contribution in [0.3, 0.4) is 0 Å². The lowest BCUT2D eigenvalue weighted by Gasteiger charge is -2.33. The van der Waals surface area contributed by atoms with Crippen LogP contribution in [0.1, 0.15) is 31.4 Å². The van der Waals surface area contributed by atoms with E-state index in [0.29, 0.717) is 5.13 Å². The lowest BCUT2D eigenvalue weighted by atomic mass is 10.2. The van der Waals surface area contributed by atoms with Crippen LogP contribution < -0.4 is 15.5 Å². The number of anilines is 2. The quantitative estimate of drug-likeness (QED) is 0.647. The standard InChI is InChI=1S/C21H26N6O2S/c28-19(22-16-6-2-3-7-16)23-20-24-25-21(30-20)27-11-9-26(10-12-27)14-17-13-15-5-1-4-8-18(15)29-17/h1,4-5,8,13,16H,2-3,6-7,9-12,14H2,(H2,22,23,24,28). The van der Waals surface area contributed by atoms with E-state index in [1.54, 1.807) is 0 Å². The van der Waals surface area contributed by atoms with Gasteiger partial charge in [-0.1, -0.05) is 42.4 Å². The predicted octanol–water partition coefficient (Wildman–Crippen LogP) is 3.67. The van der Waals surface area contributed by atoms with Crippen molar-refractivity contribution in [3.63, 3.8) is 0 Å². The highest BCUT2D eigenvalue weighted by atomic mass is 32.1. The van der Waals surface area contributed by atoms with Crippen LogP contribution in [-0.4, -0.2) is 53.3 Å². The van der Waals surface area contributed by atoms with Crippen molar-refractivity contribution < 1.29 is 9.21 Å². The topological polar surface area (TPSA) is 86.5 Å². The highest BCUT2D eigenvalue weighted by Gasteiger charge is 2.22. The number of benzene rings is 1. The number of hydrogen-bond acceptors (Lipinski definition) is 7. The molecule has 1 saturated carbocycles. The summed E-state index contributed by atoms with van der Waals surface area (Å²) in [6.45, 7) is 4.43. The van der Waals surface area contributed by atoms with E-state index < -0.39 is 0 Å². The molecule has 2 fully saturated rings. The number of carbonyl (C=O) groups excluding carboxylic acids is 1. The molecule has 0 radical (unpaired) electrons. The maximum Gasteiger partial charge on any atom is 0.321 e. The third-order valence-electron chi connectivity index (χ3n) is 5.82. The molecule has 0 spiro atoms. The molecule has 0 bridgehead atoms. The number of furan rings is 1. The van der Waals surface area contributed by atoms with Crippen molar-refractivity contribution in [3.05, 3.63) is 36.1 Å². The van der Waals surface area contributed by atoms with Gasteiger partial charge in [0.15, 0.2) is 0 Å². The Morgan fingerprint density at radius 2 is 1.93 bits per heavy atom. The molecule has 1 aliphatic heterocycles. The Bertz CT molecular complexity index is 971. The van der Waals surface area contributed by atoms with Gasteiger partial charge < -0.3 is 14.6 Å². The highest BCUT2D eigenvalue weighted by Crippen LogP contribution is 2.26. The second-order valence-corrected chi connectivity index (χ2v) is 8.94. The molecular weight excluding hydrogens is 400 g/mol. The number of aromatic nitrogens is 2. The number of fused-ring (bicyclic) bond motifs is 1. The summed E-state index contributed by atoms with van der Waals surface area (Å²) in [5.41, 5.74) is 0.942. The first kappa shape index (κ1) is 19.3. The van der Waals surface area contributed by atoms with E-state index in [2.05, 4.69) is 42.8 Å². The van der Waals surface area contributed by atoms with Crippen LogP contribution in [0.5, 0.6) is 0 Å². The van der Waals surface area contributed by atoms with Crippen LogP contribution in [0, 0.1) is 0 Å². The molecule has 158 valence electrons. The van der Waals surface area contributed by atoms with E-state index in [9.17, 15) is 4.79 Å². The van der Waals surface area contributed by atoms with Crippen molar-refractivity contribution in [2.45, 2.75) is 38.3 Å². The SMILES string of the molecule is O=C(Nc1nnc(N2CCN(Cc3cc4ccccc4o3)CC2)s1)NC1CCCC1. The van der Waals surface area contributed by atoms with Gasteiger partial charge in [0.2, 0.25) is 10.3 Å². The van der Waals surface area contributed by atoms with Gasteiger partial charge in [-0.2, -0.15) is 0 Å². The fraction of sp³-hybridized carbons (Fsp3) is 0.476. The fourth-order valence-electron chi connectivity index (χ4n) is 4.21. The van der Waals surface area contributed by atoms with Crippen molar-refractivity contribution in [1.29, 1.82) is 0 Å². The van der Waals surface area contributed by atoms with Gasteiger partial charge in [0.05, 0.1) is 6.54 Å². The fourth-order valence-corrected chi connectivity index (χ4v) is 5.01. The molecule has 2 N–H and O–H groups in total. The first-order valence-corrected chi connectivity index (χ1v) is 11.4. The number of para-hydroxylation sites is 1. The van der Waals surface area contributed by atoms with E-state index in [-0.39, 0.29) is 12.1 Å². The molecule has 0 atom stereocenters. The summed E-state index contributed by atoms with van der Waals surface area (Å²) in [5.74, 6) is 1.00. The van der Waals surface area contributed by atoms with Crippen LogP contribution in [0.15, 0.2) is 34.7 Å². The van der Waals surface area contributed by atoms with Gasteiger partial charge in [-0.15, -0.1) is 10.2 Å². The number of nitrogens with one attached hydrogen (secondary N) is 2. The average molecular weight is 427 g/mol. The highest BCUT2D eigenvalue weighted by molar-refractivity contribution is 7.19. The summed E-state index contributed by atoms with van der Waals surface area (Å²) in [4.78, 5) is 16.7. The Morgan fingerprint density at radius 1 is 1.13 bits per heavy atom. The molecule has 8 nitrogen and oxygen atoms in total. The monoisotopic (exact) mass is 426 g/mol. The average Bonchev–Trinajstić information content (AvgIpc) is 3.49. The minimum Gasteiger partial charge on any atom is -0.460 e. The van der Waals surface area contributed by atoms with Crippen LogP contribution in [0.25, 0.3) is 11.0 Å². The number of urea groups is 1. The molecule has 3 heterocycles. The van der Waals surface area contributed by atoms with Crippen LogP contribution >= 0.6 is 11.3 Å². The number of carbonyl (C=O) groups is 1. The third kappa shape index (κ3) is 4.41. The van der Waals surface area contributed by atoms with Gasteiger partial charge in [-0.05, 0) is 25.0 Å². The minimum absolute atomic E-state index is 0.180. The van der Waals surface area contributed by atoms with Gasteiger partial charge in [-0.3, -0.25) is 10.2 Å². The van der Waals surface area contributed by atoms with E-state index in [0.717, 1.165) is 67.4 Å². The number of hydrogen-bond donors (Lipinski definition) is 2. The molecule has 2 aliphatic rings. The predicted molar refractivity (Wildman–Crippen MR) is 118 cm³/mol. The molecule has 1 aliphatic carbocycles. The van der Waals surface area contributed by atoms with Crippen LogP contribution in [0.4, 0.5) is 15.1 Å². The van der Waals surface area contributed by atoms with Crippen LogP contribution in [-0.2, 0) is 6.54 Å². The van der Waals surface area contributed by atoms with Gasteiger partial charge in [0, 0.05) is 37.6 Å². The van der Waals surface area contributed by atoms with Crippen LogP contribution in [0.2, 0.25) is 0 Å². The van der Waals surface area contributed by atoms with Gasteiger partial charge >= 0.3 is 6.03 Å². The normalized spacial score (nSPS) is 18.2. The van der Waals surface area contributed by atoms with Crippen molar-refractivity contribution in [2.24, 2.45) is 0 Å². The van der Waals surface area contributed by atoms with E-state index >= 15 is 0 Å². The second kappa shape index (κ2) is 8.61. The number of rotatable bonds is 5. The summed E-state index contributed by atoms with van der Waals surface area (Å²) in [7, 11) is 0. The maximum atomic E-state index is 12.1. The largest absolute Gasteiger partial charge is 0.460 e. The zero-order valence-corrected chi connectivity index (χ0v) is 17.7. The second-order valence-electron chi connectivity index (χ2n) is 7.98. The van der Waals surface area contributed by atoms with Crippen molar-refractivity contribution in [1.82, 2.24) is 20.4 Å². The Kier molecular flexibility index (Phi) is 5.54. The summed E-state index contributed by atoms with van der Waals surface area (Å²) < 4.78 is 5.95. The Hall–Kier alpha value is -2.65. The van der Waals surface area contributed by atoms with Gasteiger partial charge in [0.25, 0.3) is 0 Å². The summed E-state index contributed by atoms with van der Waals surface area (Å²) in [6, 6.07) is 10.3. The van der Waals surface area contributed by atoms with Crippen molar-refractivity contribution >= 4 is 38.6 Å². The summed E-state index contributed by atoms with van der Waals surface area (Å²) in [6.07, 6.45) is 4.51. The molecule has 1 aromatic carbocycles. The van der Waals surface area contributed by atoms with Gasteiger partial charge in [-0.25, -0.2) is 4.79 Å². The molecule has 2 amide bonds. The van der Waals surface area contributed by atoms with E-state index in [1.807, 2.05) is 18.2 Å². The first-order chi connectivity index (χ1) is 14.7. The van der Waals surface area contributed by atoms with Crippen molar-refractivity contribution in [3.8, 4) is 0 Å². The first-order valence-electron chi connectivity index (χ1n) is 10.6. The van der Waals surface area contributed by atoms with Gasteiger partial charge in [0.1, 0.15) is 11.3 Å². The zero-order valence-electron chi connectivity index (χ0n) is 16.8. The molecule has 30 heavy (non-hydrogen) atoms. The molecule has 0 unspecified atom stereocenters. The maximum absolute atomic E-state index is 12.1. The number of nitrogens with zero attached hydrogens (tertiary/aromatic N) is 4. The molecule has 9 heteroatoms. The molecular formula is C21H26N6O2S. The minimum atomic E-state index is -0.180. The van der Waals surface area contributed by atoms with E-state index in [1.165, 1.54) is 24.2 Å². The molecule has 1 saturated heterocycles. The number of amides is 2. The lowest BCUT2D eigenvalue weighted by Crippen LogP contribution is -2.45. The Labute approximate surface area is 179 Å². The smallest absolute Gasteiger partial charge is 0.321 e. The Morgan fingerprint density at radius 3 is 2.73 bits per heavy atom. The molecule has 3 aromatic rings. The third-order valence-corrected chi connectivity index (χ3v) is 6.72. The summed E-state index contributed by atoms with van der Waals surface area (Å²) >= 11 is 1.43. The molecule has 2 aromatic heterocycles. The zero-order chi connectivity index (χ0) is 20.3. The number of piperazine rings is 1. The molecule has 5 rings (SSSR count).